The average molecular weight is 270 g/mol. The van der Waals surface area contributed by atoms with Gasteiger partial charge in [0.15, 0.2) is 5.82 Å². The molecule has 0 fully saturated rings. The summed E-state index contributed by atoms with van der Waals surface area (Å²) in [5.41, 5.74) is 1.17. The monoisotopic (exact) mass is 270 g/mol. The first kappa shape index (κ1) is 14.0. The number of amides is 1. The molecule has 0 atom stereocenters. The highest BCUT2D eigenvalue weighted by Gasteiger charge is 2.07. The Hall–Kier alpha value is -2.43. The lowest BCUT2D eigenvalue weighted by Crippen LogP contribution is -2.18. The van der Waals surface area contributed by atoms with Crippen molar-refractivity contribution in [3.8, 4) is 0 Å². The van der Waals surface area contributed by atoms with E-state index in [0.717, 1.165) is 0 Å². The van der Waals surface area contributed by atoms with Crippen LogP contribution in [-0.2, 0) is 11.3 Å². The summed E-state index contributed by atoms with van der Waals surface area (Å²) in [5.74, 6) is 1.00. The average Bonchev–Trinajstić information content (AvgIpc) is 2.47. The molecular weight excluding hydrogens is 252 g/mol. The van der Waals surface area contributed by atoms with E-state index in [2.05, 4.69) is 20.8 Å². The van der Waals surface area contributed by atoms with Crippen LogP contribution in [0.3, 0.4) is 0 Å². The maximum Gasteiger partial charge on any atom is 0.228 e. The number of anilines is 2. The Bertz CT molecular complexity index is 552. The van der Waals surface area contributed by atoms with Gasteiger partial charge in [-0.3, -0.25) is 4.79 Å². The molecule has 0 bridgehead atoms. The van der Waals surface area contributed by atoms with Crippen LogP contribution < -0.4 is 10.6 Å². The van der Waals surface area contributed by atoms with Gasteiger partial charge in [-0.05, 0) is 17.7 Å². The smallest absolute Gasteiger partial charge is 0.228 e. The molecule has 0 saturated heterocycles. The van der Waals surface area contributed by atoms with Gasteiger partial charge in [0.2, 0.25) is 5.91 Å². The maximum atomic E-state index is 11.5. The van der Waals surface area contributed by atoms with E-state index in [4.69, 9.17) is 0 Å². The van der Waals surface area contributed by atoms with Gasteiger partial charge in [0.1, 0.15) is 5.82 Å². The highest BCUT2D eigenvalue weighted by Crippen LogP contribution is 2.09. The normalized spacial score (nSPS) is 10.3. The van der Waals surface area contributed by atoms with Crippen LogP contribution in [0.25, 0.3) is 0 Å². The van der Waals surface area contributed by atoms with Crippen LogP contribution in [0.15, 0.2) is 42.5 Å². The molecule has 20 heavy (non-hydrogen) atoms. The van der Waals surface area contributed by atoms with Crippen LogP contribution in [0.2, 0.25) is 0 Å². The number of rotatable bonds is 5. The molecule has 0 spiro atoms. The Morgan fingerprint density at radius 2 is 1.70 bits per heavy atom. The van der Waals surface area contributed by atoms with Crippen molar-refractivity contribution in [1.29, 1.82) is 0 Å². The van der Waals surface area contributed by atoms with E-state index in [0.29, 0.717) is 18.2 Å². The highest BCUT2D eigenvalue weighted by molar-refractivity contribution is 5.91. The van der Waals surface area contributed by atoms with Crippen molar-refractivity contribution in [3.63, 3.8) is 0 Å². The summed E-state index contributed by atoms with van der Waals surface area (Å²) in [6.07, 6.45) is 0. The third-order valence-corrected chi connectivity index (χ3v) is 2.76. The van der Waals surface area contributed by atoms with Gasteiger partial charge in [-0.1, -0.05) is 44.2 Å². The Morgan fingerprint density at radius 3 is 2.30 bits per heavy atom. The zero-order valence-electron chi connectivity index (χ0n) is 11.6. The van der Waals surface area contributed by atoms with Crippen molar-refractivity contribution in [2.24, 2.45) is 5.92 Å². The third-order valence-electron chi connectivity index (χ3n) is 2.76. The molecule has 2 rings (SSSR count). The minimum absolute atomic E-state index is 0.0655. The number of nitrogens with zero attached hydrogens (tertiary/aromatic N) is 2. The lowest BCUT2D eigenvalue weighted by molar-refractivity contribution is -0.118. The molecule has 0 aliphatic rings. The predicted molar refractivity (Wildman–Crippen MR) is 79.3 cm³/mol. The summed E-state index contributed by atoms with van der Waals surface area (Å²) in [6.45, 7) is 4.35. The van der Waals surface area contributed by atoms with Gasteiger partial charge in [0.05, 0.1) is 0 Å². The molecule has 0 aliphatic carbocycles. The minimum Gasteiger partial charge on any atom is -0.365 e. The highest BCUT2D eigenvalue weighted by atomic mass is 16.1. The zero-order chi connectivity index (χ0) is 14.4. The van der Waals surface area contributed by atoms with E-state index in [-0.39, 0.29) is 11.8 Å². The third kappa shape index (κ3) is 4.05. The lowest BCUT2D eigenvalue weighted by Gasteiger charge is -2.08. The molecule has 1 heterocycles. The molecule has 0 saturated carbocycles. The fourth-order valence-corrected chi connectivity index (χ4v) is 1.55. The summed E-state index contributed by atoms with van der Waals surface area (Å²) in [4.78, 5) is 11.5. The molecule has 1 aromatic heterocycles. The van der Waals surface area contributed by atoms with Gasteiger partial charge in [0.25, 0.3) is 0 Å². The second-order valence-corrected chi connectivity index (χ2v) is 4.79. The largest absolute Gasteiger partial charge is 0.365 e. The van der Waals surface area contributed by atoms with E-state index >= 15 is 0 Å². The van der Waals surface area contributed by atoms with Crippen molar-refractivity contribution in [3.05, 3.63) is 48.0 Å². The maximum absolute atomic E-state index is 11.5. The van der Waals surface area contributed by atoms with Crippen LogP contribution in [0.1, 0.15) is 19.4 Å². The van der Waals surface area contributed by atoms with Crippen molar-refractivity contribution in [2.75, 3.05) is 10.6 Å². The predicted octanol–water partition coefficient (Wildman–Crippen LogP) is 2.68. The molecule has 1 aromatic carbocycles. The minimum atomic E-state index is -0.0762. The second kappa shape index (κ2) is 6.65. The van der Waals surface area contributed by atoms with E-state index in [1.165, 1.54) is 5.56 Å². The molecule has 0 radical (unpaired) electrons. The quantitative estimate of drug-likeness (QED) is 0.876. The van der Waals surface area contributed by atoms with Crippen LogP contribution >= 0.6 is 0 Å². The first-order valence-electron chi connectivity index (χ1n) is 6.57. The molecule has 1 amide bonds. The van der Waals surface area contributed by atoms with Crippen LogP contribution in [-0.4, -0.2) is 16.1 Å². The van der Waals surface area contributed by atoms with Gasteiger partial charge in [-0.15, -0.1) is 10.2 Å². The Balaban J connectivity index is 1.90. The van der Waals surface area contributed by atoms with Gasteiger partial charge in [-0.2, -0.15) is 0 Å². The van der Waals surface area contributed by atoms with Crippen molar-refractivity contribution >= 4 is 17.5 Å². The molecule has 0 aliphatic heterocycles. The summed E-state index contributed by atoms with van der Waals surface area (Å²) in [6, 6.07) is 13.6. The second-order valence-electron chi connectivity index (χ2n) is 4.79. The Labute approximate surface area is 118 Å². The number of aromatic nitrogens is 2. The van der Waals surface area contributed by atoms with Gasteiger partial charge >= 0.3 is 0 Å². The molecule has 5 nitrogen and oxygen atoms in total. The summed E-state index contributed by atoms with van der Waals surface area (Å²) in [5, 5.41) is 13.9. The van der Waals surface area contributed by atoms with Crippen molar-refractivity contribution < 1.29 is 4.79 Å². The van der Waals surface area contributed by atoms with E-state index in [1.54, 1.807) is 12.1 Å². The lowest BCUT2D eigenvalue weighted by atomic mass is 10.2. The number of benzene rings is 1. The van der Waals surface area contributed by atoms with Crippen molar-refractivity contribution in [1.82, 2.24) is 10.2 Å². The van der Waals surface area contributed by atoms with E-state index in [1.807, 2.05) is 44.2 Å². The molecule has 2 aromatic rings. The fraction of sp³-hybridized carbons (Fsp3) is 0.267. The topological polar surface area (TPSA) is 66.9 Å². The number of carbonyl (C=O) groups excluding carboxylic acids is 1. The summed E-state index contributed by atoms with van der Waals surface area (Å²) >= 11 is 0. The number of carbonyl (C=O) groups is 1. The molecular formula is C15H18N4O. The standard InChI is InChI=1S/C15H18N4O/c1-11(2)15(20)17-14-9-8-13(18-19-14)16-10-12-6-4-3-5-7-12/h3-9,11H,10H2,1-2H3,(H,16,18)(H,17,19,20). The Kier molecular flexibility index (Phi) is 4.65. The van der Waals surface area contributed by atoms with Gasteiger partial charge in [0, 0.05) is 12.5 Å². The summed E-state index contributed by atoms with van der Waals surface area (Å²) < 4.78 is 0. The summed E-state index contributed by atoms with van der Waals surface area (Å²) in [7, 11) is 0. The molecule has 0 unspecified atom stereocenters. The molecule has 5 heteroatoms. The first-order chi connectivity index (χ1) is 9.65. The SMILES string of the molecule is CC(C)C(=O)Nc1ccc(NCc2ccccc2)nn1. The van der Waals surface area contributed by atoms with Gasteiger partial charge in [-0.25, -0.2) is 0 Å². The van der Waals surface area contributed by atoms with Crippen LogP contribution in [0.5, 0.6) is 0 Å². The van der Waals surface area contributed by atoms with E-state index < -0.39 is 0 Å². The van der Waals surface area contributed by atoms with Gasteiger partial charge < -0.3 is 10.6 Å². The number of nitrogens with one attached hydrogen (secondary N) is 2. The first-order valence-corrected chi connectivity index (χ1v) is 6.57. The number of hydrogen-bond acceptors (Lipinski definition) is 4. The zero-order valence-corrected chi connectivity index (χ0v) is 11.6. The number of hydrogen-bond donors (Lipinski definition) is 2. The fourth-order valence-electron chi connectivity index (χ4n) is 1.55. The van der Waals surface area contributed by atoms with Crippen LogP contribution in [0.4, 0.5) is 11.6 Å². The van der Waals surface area contributed by atoms with E-state index in [9.17, 15) is 4.79 Å². The van der Waals surface area contributed by atoms with Crippen molar-refractivity contribution in [2.45, 2.75) is 20.4 Å². The van der Waals surface area contributed by atoms with Crippen LogP contribution in [0, 0.1) is 5.92 Å². The molecule has 104 valence electrons. The Morgan fingerprint density at radius 1 is 1.05 bits per heavy atom. The molecule has 2 N–H and O–H groups in total.